The maximum Gasteiger partial charge on any atom is 0.293 e. The molecule has 0 aliphatic carbocycles. The minimum absolute atomic E-state index is 0.260. The molecule has 9 heteroatoms. The lowest BCUT2D eigenvalue weighted by Crippen LogP contribution is -2.39. The molecule has 8 nitrogen and oxygen atoms in total. The fraction of sp³-hybridized carbons (Fsp3) is 0.500. The van der Waals surface area contributed by atoms with Crippen molar-refractivity contribution in [1.82, 2.24) is 5.32 Å². The molecule has 21 heavy (non-hydrogen) atoms. The molecule has 0 amide bonds. The summed E-state index contributed by atoms with van der Waals surface area (Å²) in [5.41, 5.74) is -0.00268. The van der Waals surface area contributed by atoms with Gasteiger partial charge in [0, 0.05) is 18.7 Å². The highest BCUT2D eigenvalue weighted by atomic mass is 32.2. The molecule has 1 heterocycles. The molecule has 1 saturated heterocycles. The highest BCUT2D eigenvalue weighted by molar-refractivity contribution is 7.89. The Hall–Kier alpha value is -1.71. The predicted octanol–water partition coefficient (Wildman–Crippen LogP) is 0.796. The molecule has 1 atom stereocenters. The van der Waals surface area contributed by atoms with Gasteiger partial charge in [-0.3, -0.25) is 10.1 Å². The van der Waals surface area contributed by atoms with Crippen LogP contribution in [0.5, 0.6) is 0 Å². The fourth-order valence-corrected chi connectivity index (χ4v) is 2.85. The van der Waals surface area contributed by atoms with Gasteiger partial charge in [0.05, 0.1) is 9.82 Å². The van der Waals surface area contributed by atoms with Crippen LogP contribution in [0.4, 0.5) is 11.4 Å². The molecule has 1 unspecified atom stereocenters. The van der Waals surface area contributed by atoms with Crippen molar-refractivity contribution in [1.29, 1.82) is 0 Å². The molecule has 2 rings (SSSR count). The third kappa shape index (κ3) is 4.13. The van der Waals surface area contributed by atoms with E-state index < -0.39 is 14.9 Å². The third-order valence-electron chi connectivity index (χ3n) is 3.45. The van der Waals surface area contributed by atoms with Gasteiger partial charge in [0.25, 0.3) is 5.69 Å². The topological polar surface area (TPSA) is 127 Å². The van der Waals surface area contributed by atoms with Crippen LogP contribution in [-0.2, 0) is 10.0 Å². The predicted molar refractivity (Wildman–Crippen MR) is 78.6 cm³/mol. The van der Waals surface area contributed by atoms with Gasteiger partial charge in [-0.05, 0) is 31.5 Å². The molecule has 0 aromatic heterocycles. The van der Waals surface area contributed by atoms with Crippen molar-refractivity contribution in [2.75, 3.05) is 18.4 Å². The summed E-state index contributed by atoms with van der Waals surface area (Å²) >= 11 is 0. The van der Waals surface area contributed by atoms with Gasteiger partial charge in [-0.25, -0.2) is 13.6 Å². The highest BCUT2D eigenvalue weighted by Crippen LogP contribution is 2.27. The van der Waals surface area contributed by atoms with Gasteiger partial charge in [0.2, 0.25) is 10.0 Å². The van der Waals surface area contributed by atoms with Crippen LogP contribution in [0.15, 0.2) is 23.1 Å². The van der Waals surface area contributed by atoms with Crippen LogP contribution in [0, 0.1) is 10.1 Å². The molecule has 0 saturated carbocycles. The van der Waals surface area contributed by atoms with Gasteiger partial charge in [-0.15, -0.1) is 0 Å². The summed E-state index contributed by atoms with van der Waals surface area (Å²) in [7, 11) is -3.96. The summed E-state index contributed by atoms with van der Waals surface area (Å²) in [6, 6.07) is 3.88. The first-order chi connectivity index (χ1) is 9.88. The SMILES string of the molecule is NS(=O)(=O)c1ccc(NCC2CCCCN2)c([N+](=O)[O-])c1. The Morgan fingerprint density at radius 2 is 2.19 bits per heavy atom. The van der Waals surface area contributed by atoms with Crippen molar-refractivity contribution in [3.05, 3.63) is 28.3 Å². The quantitative estimate of drug-likeness (QED) is 0.545. The zero-order valence-corrected chi connectivity index (χ0v) is 12.2. The molecular weight excluding hydrogens is 296 g/mol. The first-order valence-corrected chi connectivity index (χ1v) is 8.21. The molecule has 1 fully saturated rings. The minimum atomic E-state index is -3.96. The van der Waals surface area contributed by atoms with Crippen LogP contribution in [0.25, 0.3) is 0 Å². The van der Waals surface area contributed by atoms with Gasteiger partial charge in [0.15, 0.2) is 0 Å². The summed E-state index contributed by atoms with van der Waals surface area (Å²) in [4.78, 5) is 10.2. The van der Waals surface area contributed by atoms with Gasteiger partial charge in [-0.1, -0.05) is 6.42 Å². The lowest BCUT2D eigenvalue weighted by atomic mass is 10.1. The number of nitro groups is 1. The first-order valence-electron chi connectivity index (χ1n) is 6.66. The third-order valence-corrected chi connectivity index (χ3v) is 4.36. The van der Waals surface area contributed by atoms with Crippen LogP contribution in [0.1, 0.15) is 19.3 Å². The van der Waals surface area contributed by atoms with E-state index in [1.165, 1.54) is 12.1 Å². The van der Waals surface area contributed by atoms with Gasteiger partial charge in [-0.2, -0.15) is 0 Å². The number of hydrogen-bond acceptors (Lipinski definition) is 6. The maximum absolute atomic E-state index is 11.2. The van der Waals surface area contributed by atoms with Crippen molar-refractivity contribution >= 4 is 21.4 Å². The number of nitro benzene ring substituents is 1. The average Bonchev–Trinajstić information content (AvgIpc) is 2.45. The first kappa shape index (κ1) is 15.7. The summed E-state index contributed by atoms with van der Waals surface area (Å²) in [6.07, 6.45) is 3.28. The summed E-state index contributed by atoms with van der Waals surface area (Å²) in [5, 5.41) is 22.4. The van der Waals surface area contributed by atoms with Gasteiger partial charge in [0.1, 0.15) is 5.69 Å². The van der Waals surface area contributed by atoms with E-state index in [-0.39, 0.29) is 16.6 Å². The molecule has 0 bridgehead atoms. The Labute approximate surface area is 122 Å². The Balaban J connectivity index is 2.16. The molecule has 0 radical (unpaired) electrons. The molecule has 1 aromatic rings. The molecule has 1 aliphatic rings. The Kier molecular flexibility index (Phi) is 4.76. The Bertz CT molecular complexity index is 626. The summed E-state index contributed by atoms with van der Waals surface area (Å²) in [6.45, 7) is 1.49. The number of piperidine rings is 1. The number of nitrogens with zero attached hydrogens (tertiary/aromatic N) is 1. The second kappa shape index (κ2) is 6.37. The number of rotatable bonds is 5. The van der Waals surface area contributed by atoms with Crippen molar-refractivity contribution in [3.8, 4) is 0 Å². The second-order valence-corrected chi connectivity index (χ2v) is 6.57. The van der Waals surface area contributed by atoms with E-state index in [0.717, 1.165) is 31.9 Å². The molecular formula is C12H18N4O4S. The summed E-state index contributed by atoms with van der Waals surface area (Å²) in [5.74, 6) is 0. The highest BCUT2D eigenvalue weighted by Gasteiger charge is 2.20. The Morgan fingerprint density at radius 3 is 2.76 bits per heavy atom. The number of nitrogens with two attached hydrogens (primary N) is 1. The van der Waals surface area contributed by atoms with E-state index in [1.54, 1.807) is 0 Å². The van der Waals surface area contributed by atoms with Gasteiger partial charge >= 0.3 is 0 Å². The number of anilines is 1. The van der Waals surface area contributed by atoms with Crippen molar-refractivity contribution < 1.29 is 13.3 Å². The maximum atomic E-state index is 11.2. The molecule has 0 spiro atoms. The van der Waals surface area contributed by atoms with Crippen LogP contribution in [-0.4, -0.2) is 32.5 Å². The molecule has 4 N–H and O–H groups in total. The Morgan fingerprint density at radius 1 is 1.43 bits per heavy atom. The lowest BCUT2D eigenvalue weighted by Gasteiger charge is -2.24. The second-order valence-electron chi connectivity index (χ2n) is 5.01. The van der Waals surface area contributed by atoms with E-state index in [1.807, 2.05) is 0 Å². The van der Waals surface area contributed by atoms with Crippen molar-refractivity contribution in [2.24, 2.45) is 5.14 Å². The molecule has 1 aromatic carbocycles. The van der Waals surface area contributed by atoms with Crippen molar-refractivity contribution in [2.45, 2.75) is 30.2 Å². The zero-order valence-electron chi connectivity index (χ0n) is 11.4. The number of benzene rings is 1. The lowest BCUT2D eigenvalue weighted by molar-refractivity contribution is -0.384. The average molecular weight is 314 g/mol. The van der Waals surface area contributed by atoms with E-state index in [9.17, 15) is 18.5 Å². The summed E-state index contributed by atoms with van der Waals surface area (Å²) < 4.78 is 22.5. The fourth-order valence-electron chi connectivity index (χ4n) is 2.32. The number of primary sulfonamides is 1. The van der Waals surface area contributed by atoms with Crippen LogP contribution >= 0.6 is 0 Å². The van der Waals surface area contributed by atoms with Crippen LogP contribution in [0.2, 0.25) is 0 Å². The normalized spacial score (nSPS) is 19.2. The zero-order chi connectivity index (χ0) is 15.5. The van der Waals surface area contributed by atoms with Crippen LogP contribution in [0.3, 0.4) is 0 Å². The monoisotopic (exact) mass is 314 g/mol. The van der Waals surface area contributed by atoms with E-state index in [4.69, 9.17) is 5.14 Å². The smallest absolute Gasteiger partial charge is 0.293 e. The molecule has 116 valence electrons. The van der Waals surface area contributed by atoms with Crippen LogP contribution < -0.4 is 15.8 Å². The number of nitrogens with one attached hydrogen (secondary N) is 2. The minimum Gasteiger partial charge on any atom is -0.378 e. The molecule has 1 aliphatic heterocycles. The van der Waals surface area contributed by atoms with Crippen molar-refractivity contribution in [3.63, 3.8) is 0 Å². The van der Waals surface area contributed by atoms with E-state index in [0.29, 0.717) is 12.2 Å². The van der Waals surface area contributed by atoms with Gasteiger partial charge < -0.3 is 10.6 Å². The largest absolute Gasteiger partial charge is 0.378 e. The number of sulfonamides is 1. The standard InChI is InChI=1S/C12H18N4O4S/c13-21(19,20)10-4-5-11(12(7-10)16(17)18)15-8-9-3-1-2-6-14-9/h4-5,7,9,14-15H,1-3,6,8H2,(H2,13,19,20). The van der Waals surface area contributed by atoms with E-state index >= 15 is 0 Å². The number of hydrogen-bond donors (Lipinski definition) is 3. The van der Waals surface area contributed by atoms with E-state index in [2.05, 4.69) is 10.6 Å².